The van der Waals surface area contributed by atoms with Gasteiger partial charge in [0.05, 0.1) is 50.6 Å². The number of methoxy groups -OCH3 is 2. The van der Waals surface area contributed by atoms with E-state index >= 15 is 0 Å². The van der Waals surface area contributed by atoms with Crippen molar-refractivity contribution in [3.63, 3.8) is 0 Å². The van der Waals surface area contributed by atoms with Crippen LogP contribution < -0.4 is 19.1 Å². The molecule has 1 N–H and O–H groups in total. The van der Waals surface area contributed by atoms with Crippen molar-refractivity contribution in [2.75, 3.05) is 62.9 Å². The summed E-state index contributed by atoms with van der Waals surface area (Å²) in [5.74, 6) is -0.186. The van der Waals surface area contributed by atoms with Crippen LogP contribution in [0.25, 0.3) is 0 Å². The highest BCUT2D eigenvalue weighted by atomic mass is 32.2. The molecule has 1 aliphatic rings. The van der Waals surface area contributed by atoms with E-state index in [1.54, 1.807) is 41.3 Å². The van der Waals surface area contributed by atoms with Crippen molar-refractivity contribution >= 4 is 33.2 Å². The summed E-state index contributed by atoms with van der Waals surface area (Å²) in [6, 6.07) is 11.3. The Kier molecular flexibility index (Phi) is 7.77. The van der Waals surface area contributed by atoms with Gasteiger partial charge in [0, 0.05) is 19.2 Å². The van der Waals surface area contributed by atoms with Crippen molar-refractivity contribution in [2.45, 2.75) is 0 Å². The maximum absolute atomic E-state index is 12.9. The number of ether oxygens (including phenoxy) is 3. The van der Waals surface area contributed by atoms with Crippen LogP contribution in [0.1, 0.15) is 10.4 Å². The fourth-order valence-corrected chi connectivity index (χ4v) is 4.26. The Bertz CT molecular complexity index is 1110. The summed E-state index contributed by atoms with van der Waals surface area (Å²) in [5, 5.41) is 2.67. The number of nitrogens with zero attached hydrogens (tertiary/aromatic N) is 2. The molecule has 0 aromatic heterocycles. The maximum atomic E-state index is 12.9. The minimum Gasteiger partial charge on any atom is -0.497 e. The summed E-state index contributed by atoms with van der Waals surface area (Å²) in [7, 11) is -1.01. The SMILES string of the molecule is COc1ccc(OC)c(N(CC(=O)Nc2ccccc2C(=O)N2CCOCC2)S(C)(=O)=O)c1. The highest BCUT2D eigenvalue weighted by Crippen LogP contribution is 2.33. The molecule has 11 heteroatoms. The summed E-state index contributed by atoms with van der Waals surface area (Å²) in [4.78, 5) is 27.5. The van der Waals surface area contributed by atoms with Gasteiger partial charge in [-0.3, -0.25) is 13.9 Å². The normalized spacial score (nSPS) is 13.8. The lowest BCUT2D eigenvalue weighted by molar-refractivity contribution is -0.114. The number of carbonyl (C=O) groups is 2. The molecule has 1 saturated heterocycles. The molecule has 1 heterocycles. The molecule has 2 amide bonds. The number of anilines is 2. The van der Waals surface area contributed by atoms with Gasteiger partial charge in [-0.1, -0.05) is 12.1 Å². The average Bonchev–Trinajstić information content (AvgIpc) is 2.82. The predicted octanol–water partition coefficient (Wildman–Crippen LogP) is 1.58. The van der Waals surface area contributed by atoms with Gasteiger partial charge in [-0.25, -0.2) is 8.42 Å². The van der Waals surface area contributed by atoms with Crippen LogP contribution in [0.4, 0.5) is 11.4 Å². The first-order valence-electron chi connectivity index (χ1n) is 10.2. The van der Waals surface area contributed by atoms with Gasteiger partial charge in [0.15, 0.2) is 0 Å². The van der Waals surface area contributed by atoms with E-state index in [4.69, 9.17) is 14.2 Å². The van der Waals surface area contributed by atoms with E-state index in [1.165, 1.54) is 20.3 Å². The third-order valence-corrected chi connectivity index (χ3v) is 6.20. The van der Waals surface area contributed by atoms with E-state index in [0.29, 0.717) is 43.3 Å². The van der Waals surface area contributed by atoms with Crippen LogP contribution in [0.5, 0.6) is 11.5 Å². The Morgan fingerprint density at radius 2 is 1.79 bits per heavy atom. The van der Waals surface area contributed by atoms with Gasteiger partial charge in [-0.05, 0) is 24.3 Å². The van der Waals surface area contributed by atoms with Crippen LogP contribution in [0.2, 0.25) is 0 Å². The molecule has 0 radical (unpaired) electrons. The Labute approximate surface area is 193 Å². The second-order valence-corrected chi connectivity index (χ2v) is 9.21. The lowest BCUT2D eigenvalue weighted by Crippen LogP contribution is -2.41. The molecule has 2 aromatic rings. The summed E-state index contributed by atoms with van der Waals surface area (Å²) < 4.78 is 41.8. The number of carbonyl (C=O) groups excluding carboxylic acids is 2. The zero-order valence-corrected chi connectivity index (χ0v) is 19.6. The molecular weight excluding hydrogens is 450 g/mol. The van der Waals surface area contributed by atoms with Gasteiger partial charge in [0.25, 0.3) is 5.91 Å². The maximum Gasteiger partial charge on any atom is 0.256 e. The van der Waals surface area contributed by atoms with Crippen LogP contribution in [0, 0.1) is 0 Å². The third-order valence-electron chi connectivity index (χ3n) is 5.07. The Morgan fingerprint density at radius 3 is 2.42 bits per heavy atom. The molecule has 0 atom stereocenters. The monoisotopic (exact) mass is 477 g/mol. The van der Waals surface area contributed by atoms with E-state index in [2.05, 4.69) is 5.32 Å². The smallest absolute Gasteiger partial charge is 0.256 e. The average molecular weight is 478 g/mol. The summed E-state index contributed by atoms with van der Waals surface area (Å²) >= 11 is 0. The highest BCUT2D eigenvalue weighted by Gasteiger charge is 2.26. The Morgan fingerprint density at radius 1 is 1.09 bits per heavy atom. The van der Waals surface area contributed by atoms with Crippen molar-refractivity contribution in [3.8, 4) is 11.5 Å². The summed E-state index contributed by atoms with van der Waals surface area (Å²) in [5.41, 5.74) is 0.773. The number of morpholine rings is 1. The minimum absolute atomic E-state index is 0.159. The zero-order chi connectivity index (χ0) is 24.0. The lowest BCUT2D eigenvalue weighted by Gasteiger charge is -2.28. The molecule has 1 aliphatic heterocycles. The van der Waals surface area contributed by atoms with Crippen LogP contribution in [0.15, 0.2) is 42.5 Å². The van der Waals surface area contributed by atoms with Crippen molar-refractivity contribution in [1.29, 1.82) is 0 Å². The van der Waals surface area contributed by atoms with Gasteiger partial charge >= 0.3 is 0 Å². The Hall–Kier alpha value is -3.31. The van der Waals surface area contributed by atoms with Crippen molar-refractivity contribution in [1.82, 2.24) is 4.90 Å². The Balaban J connectivity index is 1.85. The third kappa shape index (κ3) is 5.93. The van der Waals surface area contributed by atoms with Gasteiger partial charge in [-0.2, -0.15) is 0 Å². The fraction of sp³-hybridized carbons (Fsp3) is 0.364. The van der Waals surface area contributed by atoms with Gasteiger partial charge in [-0.15, -0.1) is 0 Å². The molecule has 0 unspecified atom stereocenters. The quantitative estimate of drug-likeness (QED) is 0.614. The summed E-state index contributed by atoms with van der Waals surface area (Å²) in [6.45, 7) is 1.29. The number of rotatable bonds is 8. The highest BCUT2D eigenvalue weighted by molar-refractivity contribution is 7.92. The molecule has 0 aliphatic carbocycles. The van der Waals surface area contributed by atoms with E-state index < -0.39 is 22.5 Å². The first kappa shape index (κ1) is 24.3. The van der Waals surface area contributed by atoms with Crippen LogP contribution in [-0.4, -0.2) is 78.5 Å². The van der Waals surface area contributed by atoms with Crippen molar-refractivity contribution in [3.05, 3.63) is 48.0 Å². The molecule has 2 aromatic carbocycles. The molecule has 178 valence electrons. The molecular formula is C22H27N3O7S. The molecule has 33 heavy (non-hydrogen) atoms. The molecule has 1 fully saturated rings. The largest absolute Gasteiger partial charge is 0.497 e. The molecule has 10 nitrogen and oxygen atoms in total. The first-order valence-corrected chi connectivity index (χ1v) is 12.0. The number of nitrogens with one attached hydrogen (secondary N) is 1. The van der Waals surface area contributed by atoms with Crippen LogP contribution >= 0.6 is 0 Å². The number of amides is 2. The van der Waals surface area contributed by atoms with Crippen molar-refractivity contribution < 1.29 is 32.2 Å². The first-order chi connectivity index (χ1) is 15.7. The van der Waals surface area contributed by atoms with E-state index in [-0.39, 0.29) is 17.3 Å². The number of benzene rings is 2. The molecule has 0 bridgehead atoms. The molecule has 3 rings (SSSR count). The van der Waals surface area contributed by atoms with Crippen LogP contribution in [-0.2, 0) is 19.6 Å². The second-order valence-electron chi connectivity index (χ2n) is 7.31. The molecule has 0 spiro atoms. The summed E-state index contributed by atoms with van der Waals surface area (Å²) in [6.07, 6.45) is 0.995. The van der Waals surface area contributed by atoms with Gasteiger partial charge < -0.3 is 24.4 Å². The zero-order valence-electron chi connectivity index (χ0n) is 18.7. The minimum atomic E-state index is -3.86. The fourth-order valence-electron chi connectivity index (χ4n) is 3.41. The predicted molar refractivity (Wildman–Crippen MR) is 124 cm³/mol. The van der Waals surface area contributed by atoms with E-state index in [1.807, 2.05) is 0 Å². The van der Waals surface area contributed by atoms with Crippen molar-refractivity contribution in [2.24, 2.45) is 0 Å². The number of sulfonamides is 1. The second kappa shape index (κ2) is 10.5. The van der Waals surface area contributed by atoms with Gasteiger partial charge in [0.1, 0.15) is 18.0 Å². The number of hydrogen-bond acceptors (Lipinski definition) is 7. The number of hydrogen-bond donors (Lipinski definition) is 1. The standard InChI is InChI=1S/C22H27N3O7S/c1-30-16-8-9-20(31-2)19(14-16)25(33(3,28)29)15-21(26)23-18-7-5-4-6-17(18)22(27)24-10-12-32-13-11-24/h4-9,14H,10-13,15H2,1-3H3,(H,23,26). The molecule has 0 saturated carbocycles. The van der Waals surface area contributed by atoms with E-state index in [0.717, 1.165) is 10.6 Å². The topological polar surface area (TPSA) is 114 Å². The lowest BCUT2D eigenvalue weighted by atomic mass is 10.1. The van der Waals surface area contributed by atoms with Crippen LogP contribution in [0.3, 0.4) is 0 Å². The van der Waals surface area contributed by atoms with E-state index in [9.17, 15) is 18.0 Å². The number of para-hydroxylation sites is 1. The van der Waals surface area contributed by atoms with Gasteiger partial charge in [0.2, 0.25) is 15.9 Å².